The van der Waals surface area contributed by atoms with Crippen LogP contribution in [0.15, 0.2) is 18.2 Å². The number of carbonyl (C=O) groups excluding carboxylic acids is 1. The van der Waals surface area contributed by atoms with Crippen LogP contribution in [0.4, 0.5) is 10.1 Å². The molecule has 1 amide bonds. The highest BCUT2D eigenvalue weighted by Gasteiger charge is 2.36. The predicted molar refractivity (Wildman–Crippen MR) is 75.5 cm³/mol. The van der Waals surface area contributed by atoms with Crippen molar-refractivity contribution in [3.05, 3.63) is 39.7 Å². The van der Waals surface area contributed by atoms with Gasteiger partial charge in [0.25, 0.3) is 5.91 Å². The number of hydrogen-bond acceptors (Lipinski definition) is 4. The average molecular weight is 298 g/mol. The molecule has 1 N–H and O–H groups in total. The van der Waals surface area contributed by atoms with Crippen molar-refractivity contribution in [3.8, 4) is 0 Å². The molecule has 108 valence electrons. The van der Waals surface area contributed by atoms with Crippen LogP contribution < -0.4 is 5.32 Å². The zero-order valence-electron chi connectivity index (χ0n) is 11.0. The Morgan fingerprint density at radius 1 is 1.55 bits per heavy atom. The number of thioether (sulfide) groups is 1. The first-order valence-electron chi connectivity index (χ1n) is 6.25. The van der Waals surface area contributed by atoms with Crippen molar-refractivity contribution in [2.75, 3.05) is 12.8 Å². The lowest BCUT2D eigenvalue weighted by molar-refractivity contribution is -0.387. The third-order valence-corrected chi connectivity index (χ3v) is 5.09. The molecule has 1 fully saturated rings. The second-order valence-corrected chi connectivity index (χ2v) is 6.12. The summed E-state index contributed by atoms with van der Waals surface area (Å²) in [6.07, 6.45) is 5.27. The number of rotatable bonds is 5. The quantitative estimate of drug-likeness (QED) is 0.670. The Labute approximate surface area is 120 Å². The Bertz CT molecular complexity index is 541. The molecule has 7 heteroatoms. The minimum Gasteiger partial charge on any atom is -0.351 e. The first-order valence-corrected chi connectivity index (χ1v) is 7.47. The third kappa shape index (κ3) is 2.92. The van der Waals surface area contributed by atoms with Gasteiger partial charge in [-0.05, 0) is 31.2 Å². The molecule has 0 aromatic heterocycles. The van der Waals surface area contributed by atoms with Gasteiger partial charge in [0.2, 0.25) is 5.82 Å². The molecule has 1 aromatic rings. The molecule has 0 radical (unpaired) electrons. The van der Waals surface area contributed by atoms with Gasteiger partial charge >= 0.3 is 5.69 Å². The van der Waals surface area contributed by atoms with Crippen LogP contribution in [-0.2, 0) is 0 Å². The smallest absolute Gasteiger partial charge is 0.305 e. The van der Waals surface area contributed by atoms with Crippen LogP contribution in [0.5, 0.6) is 0 Å². The predicted octanol–water partition coefficient (Wildman–Crippen LogP) is 2.75. The van der Waals surface area contributed by atoms with Gasteiger partial charge in [-0.15, -0.1) is 0 Å². The van der Waals surface area contributed by atoms with E-state index in [-0.39, 0.29) is 10.3 Å². The zero-order chi connectivity index (χ0) is 14.8. The number of amides is 1. The maximum Gasteiger partial charge on any atom is 0.305 e. The molecule has 0 bridgehead atoms. The van der Waals surface area contributed by atoms with Gasteiger partial charge in [0, 0.05) is 22.9 Å². The van der Waals surface area contributed by atoms with E-state index in [1.54, 1.807) is 11.8 Å². The lowest BCUT2D eigenvalue weighted by atomic mass is 9.84. The number of carbonyl (C=O) groups is 1. The highest BCUT2D eigenvalue weighted by atomic mass is 32.2. The molecule has 0 aliphatic heterocycles. The van der Waals surface area contributed by atoms with Crippen LogP contribution in [0.3, 0.4) is 0 Å². The second-order valence-electron chi connectivity index (χ2n) is 4.85. The van der Waals surface area contributed by atoms with Crippen molar-refractivity contribution >= 4 is 23.4 Å². The van der Waals surface area contributed by atoms with E-state index in [1.165, 1.54) is 6.07 Å². The van der Waals surface area contributed by atoms with Crippen molar-refractivity contribution in [2.24, 2.45) is 0 Å². The highest BCUT2D eigenvalue weighted by Crippen LogP contribution is 2.42. The number of hydrogen-bond donors (Lipinski definition) is 1. The Kier molecular flexibility index (Phi) is 4.27. The summed E-state index contributed by atoms with van der Waals surface area (Å²) in [5.41, 5.74) is -0.574. The number of nitrogens with one attached hydrogen (secondary N) is 1. The van der Waals surface area contributed by atoms with Crippen LogP contribution in [0.1, 0.15) is 29.6 Å². The molecule has 0 saturated heterocycles. The Morgan fingerprint density at radius 2 is 2.25 bits per heavy atom. The molecule has 1 aromatic carbocycles. The summed E-state index contributed by atoms with van der Waals surface area (Å²) < 4.78 is 13.3. The van der Waals surface area contributed by atoms with Gasteiger partial charge in [0.1, 0.15) is 0 Å². The number of benzene rings is 1. The van der Waals surface area contributed by atoms with E-state index in [1.807, 2.05) is 6.26 Å². The van der Waals surface area contributed by atoms with Crippen molar-refractivity contribution in [2.45, 2.75) is 24.0 Å². The van der Waals surface area contributed by atoms with Crippen LogP contribution >= 0.6 is 11.8 Å². The summed E-state index contributed by atoms with van der Waals surface area (Å²) in [6, 6.07) is 3.17. The second kappa shape index (κ2) is 5.78. The van der Waals surface area contributed by atoms with E-state index in [2.05, 4.69) is 5.32 Å². The molecule has 0 unspecified atom stereocenters. The summed E-state index contributed by atoms with van der Waals surface area (Å²) in [6.45, 7) is 0.526. The van der Waals surface area contributed by atoms with Crippen LogP contribution in [0.25, 0.3) is 0 Å². The Morgan fingerprint density at radius 3 is 2.75 bits per heavy atom. The normalized spacial score (nSPS) is 16.3. The van der Waals surface area contributed by atoms with Crippen LogP contribution in [0, 0.1) is 15.9 Å². The van der Waals surface area contributed by atoms with Gasteiger partial charge in [0.05, 0.1) is 4.92 Å². The van der Waals surface area contributed by atoms with E-state index in [4.69, 9.17) is 0 Å². The maximum absolute atomic E-state index is 13.2. The summed E-state index contributed by atoms with van der Waals surface area (Å²) in [5.74, 6) is -1.35. The molecule has 20 heavy (non-hydrogen) atoms. The van der Waals surface area contributed by atoms with E-state index < -0.39 is 22.3 Å². The Balaban J connectivity index is 2.06. The van der Waals surface area contributed by atoms with E-state index in [0.717, 1.165) is 31.4 Å². The largest absolute Gasteiger partial charge is 0.351 e. The van der Waals surface area contributed by atoms with Crippen molar-refractivity contribution < 1.29 is 14.1 Å². The molecule has 1 aliphatic carbocycles. The van der Waals surface area contributed by atoms with Crippen molar-refractivity contribution in [3.63, 3.8) is 0 Å². The SMILES string of the molecule is CSC1(CNC(=O)c2ccc(F)c([N+](=O)[O-])c2)CCC1. The molecule has 0 atom stereocenters. The number of halogens is 1. The molecule has 5 nitrogen and oxygen atoms in total. The Hall–Kier alpha value is -1.63. The number of nitro benzene ring substituents is 1. The maximum atomic E-state index is 13.2. The molecule has 0 heterocycles. The summed E-state index contributed by atoms with van der Waals surface area (Å²) in [5, 5.41) is 13.4. The molecule has 0 spiro atoms. The summed E-state index contributed by atoms with van der Waals surface area (Å²) >= 11 is 1.72. The molecular formula is C13H15FN2O3S. The fourth-order valence-electron chi connectivity index (χ4n) is 2.16. The third-order valence-electron chi connectivity index (χ3n) is 3.67. The lowest BCUT2D eigenvalue weighted by Gasteiger charge is -2.40. The summed E-state index contributed by atoms with van der Waals surface area (Å²) in [7, 11) is 0. The topological polar surface area (TPSA) is 72.2 Å². The molecule has 2 rings (SSSR count). The van der Waals surface area contributed by atoms with E-state index in [9.17, 15) is 19.3 Å². The van der Waals surface area contributed by atoms with Crippen molar-refractivity contribution in [1.82, 2.24) is 5.32 Å². The molecule has 1 aliphatic rings. The van der Waals surface area contributed by atoms with Gasteiger partial charge in [-0.3, -0.25) is 14.9 Å². The minimum absolute atomic E-state index is 0.0849. The van der Waals surface area contributed by atoms with Gasteiger partial charge in [-0.1, -0.05) is 6.42 Å². The standard InChI is InChI=1S/C13H15FN2O3S/c1-20-13(5-2-6-13)8-15-12(17)9-3-4-10(14)11(7-9)16(18)19/h3-4,7H,2,5-6,8H2,1H3,(H,15,17). The summed E-state index contributed by atoms with van der Waals surface area (Å²) in [4.78, 5) is 21.8. The fraction of sp³-hybridized carbons (Fsp3) is 0.462. The first kappa shape index (κ1) is 14.8. The monoisotopic (exact) mass is 298 g/mol. The van der Waals surface area contributed by atoms with Gasteiger partial charge in [0.15, 0.2) is 0 Å². The lowest BCUT2D eigenvalue weighted by Crippen LogP contribution is -2.45. The van der Waals surface area contributed by atoms with E-state index in [0.29, 0.717) is 6.54 Å². The first-order chi connectivity index (χ1) is 9.47. The molecule has 1 saturated carbocycles. The average Bonchev–Trinajstić information content (AvgIpc) is 2.38. The van der Waals surface area contributed by atoms with Crippen molar-refractivity contribution in [1.29, 1.82) is 0 Å². The van der Waals surface area contributed by atoms with Gasteiger partial charge in [-0.2, -0.15) is 16.2 Å². The van der Waals surface area contributed by atoms with Crippen LogP contribution in [-0.4, -0.2) is 28.4 Å². The molecular weight excluding hydrogens is 283 g/mol. The zero-order valence-corrected chi connectivity index (χ0v) is 11.8. The minimum atomic E-state index is -0.939. The van der Waals surface area contributed by atoms with E-state index >= 15 is 0 Å². The van der Waals surface area contributed by atoms with Gasteiger partial charge in [-0.25, -0.2) is 0 Å². The van der Waals surface area contributed by atoms with Gasteiger partial charge < -0.3 is 5.32 Å². The number of nitrogens with zero attached hydrogens (tertiary/aromatic N) is 1. The number of nitro groups is 1. The van der Waals surface area contributed by atoms with Crippen LogP contribution in [0.2, 0.25) is 0 Å². The highest BCUT2D eigenvalue weighted by molar-refractivity contribution is 8.00. The fourth-order valence-corrected chi connectivity index (χ4v) is 3.07.